The van der Waals surface area contributed by atoms with Gasteiger partial charge in [0.15, 0.2) is 0 Å². The lowest BCUT2D eigenvalue weighted by molar-refractivity contribution is -0.131. The Morgan fingerprint density at radius 1 is 1.31 bits per heavy atom. The maximum atomic E-state index is 14.1. The van der Waals surface area contributed by atoms with Gasteiger partial charge in [0.1, 0.15) is 11.5 Å². The van der Waals surface area contributed by atoms with Crippen LogP contribution >= 0.6 is 0 Å². The third kappa shape index (κ3) is 3.76. The summed E-state index contributed by atoms with van der Waals surface area (Å²) in [4.78, 5) is 25.3. The van der Waals surface area contributed by atoms with E-state index in [1.807, 2.05) is 0 Å². The molecule has 1 aliphatic carbocycles. The average Bonchev–Trinajstić information content (AvgIpc) is 3.05. The fourth-order valence-corrected chi connectivity index (χ4v) is 3.25. The third-order valence-electron chi connectivity index (χ3n) is 4.66. The summed E-state index contributed by atoms with van der Waals surface area (Å²) < 4.78 is 15.7. The second-order valence-electron chi connectivity index (χ2n) is 6.71. The van der Waals surface area contributed by atoms with Gasteiger partial charge in [-0.25, -0.2) is 9.07 Å². The number of carbonyl (C=O) groups is 2. The van der Waals surface area contributed by atoms with Crippen molar-refractivity contribution in [2.75, 3.05) is 14.1 Å². The molecule has 26 heavy (non-hydrogen) atoms. The summed E-state index contributed by atoms with van der Waals surface area (Å²) in [5.41, 5.74) is 2.26. The van der Waals surface area contributed by atoms with E-state index in [2.05, 4.69) is 10.4 Å². The summed E-state index contributed by atoms with van der Waals surface area (Å²) >= 11 is 0. The minimum Gasteiger partial charge on any atom is -0.349 e. The van der Waals surface area contributed by atoms with Gasteiger partial charge in [-0.15, -0.1) is 0 Å². The lowest BCUT2D eigenvalue weighted by atomic mass is 9.92. The van der Waals surface area contributed by atoms with Gasteiger partial charge < -0.3 is 10.2 Å². The van der Waals surface area contributed by atoms with Crippen LogP contribution in [-0.4, -0.2) is 40.6 Å². The van der Waals surface area contributed by atoms with Crippen molar-refractivity contribution < 1.29 is 14.0 Å². The minimum atomic E-state index is -0.327. The van der Waals surface area contributed by atoms with E-state index in [1.54, 1.807) is 43.2 Å². The molecule has 0 aliphatic heterocycles. The summed E-state index contributed by atoms with van der Waals surface area (Å²) in [5.74, 6) is -0.555. The van der Waals surface area contributed by atoms with Gasteiger partial charge in [0.2, 0.25) is 11.8 Å². The van der Waals surface area contributed by atoms with Crippen LogP contribution in [-0.2, 0) is 16.0 Å². The molecule has 1 aromatic carbocycles. The summed E-state index contributed by atoms with van der Waals surface area (Å²) in [6.07, 6.45) is 4.53. The standard InChI is InChI=1S/C19H23FN4O2/c1-23(2)19(26)11-10-18(25)22-15-7-5-9-16-13(15)12-21-24(16)17-8-4-3-6-14(17)20/h3-4,6,8,12,15H,5,7,9-11H2,1-2H3,(H,22,25). The molecule has 1 unspecified atom stereocenters. The van der Waals surface area contributed by atoms with Gasteiger partial charge in [0.05, 0.1) is 12.2 Å². The SMILES string of the molecule is CN(C)C(=O)CCC(=O)NC1CCCc2c1cnn2-c1ccccc1F. The van der Waals surface area contributed by atoms with E-state index in [-0.39, 0.29) is 36.5 Å². The first-order valence-electron chi connectivity index (χ1n) is 8.78. The summed E-state index contributed by atoms with van der Waals surface area (Å²) in [7, 11) is 3.34. The molecule has 1 atom stereocenters. The number of para-hydroxylation sites is 1. The predicted octanol–water partition coefficient (Wildman–Crippen LogP) is 2.37. The van der Waals surface area contributed by atoms with E-state index in [0.29, 0.717) is 5.69 Å². The smallest absolute Gasteiger partial charge is 0.222 e. The van der Waals surface area contributed by atoms with Gasteiger partial charge in [0, 0.05) is 38.2 Å². The van der Waals surface area contributed by atoms with Gasteiger partial charge in [0.25, 0.3) is 0 Å². The van der Waals surface area contributed by atoms with E-state index in [0.717, 1.165) is 30.5 Å². The Hall–Kier alpha value is -2.70. The van der Waals surface area contributed by atoms with Crippen molar-refractivity contribution in [1.29, 1.82) is 0 Å². The van der Waals surface area contributed by atoms with Gasteiger partial charge in [-0.05, 0) is 31.4 Å². The van der Waals surface area contributed by atoms with Crippen LogP contribution in [0.2, 0.25) is 0 Å². The third-order valence-corrected chi connectivity index (χ3v) is 4.66. The predicted molar refractivity (Wildman–Crippen MR) is 95.3 cm³/mol. The van der Waals surface area contributed by atoms with Crippen LogP contribution < -0.4 is 5.32 Å². The molecule has 7 heteroatoms. The minimum absolute atomic E-state index is 0.0724. The van der Waals surface area contributed by atoms with Crippen LogP contribution in [0, 0.1) is 5.82 Å². The number of amides is 2. The first-order chi connectivity index (χ1) is 12.5. The number of halogens is 1. The molecule has 1 aliphatic rings. The molecule has 0 radical (unpaired) electrons. The number of fused-ring (bicyclic) bond motifs is 1. The lowest BCUT2D eigenvalue weighted by Gasteiger charge is -2.24. The largest absolute Gasteiger partial charge is 0.349 e. The zero-order valence-electron chi connectivity index (χ0n) is 15.0. The highest BCUT2D eigenvalue weighted by molar-refractivity contribution is 5.83. The number of carbonyl (C=O) groups excluding carboxylic acids is 2. The summed E-state index contributed by atoms with van der Waals surface area (Å²) in [5, 5.41) is 7.34. The van der Waals surface area contributed by atoms with Crippen LogP contribution in [0.25, 0.3) is 5.69 Å². The van der Waals surface area contributed by atoms with Gasteiger partial charge in [-0.1, -0.05) is 12.1 Å². The van der Waals surface area contributed by atoms with Crippen LogP contribution in [0.1, 0.15) is 43.0 Å². The van der Waals surface area contributed by atoms with E-state index >= 15 is 0 Å². The Morgan fingerprint density at radius 2 is 2.08 bits per heavy atom. The van der Waals surface area contributed by atoms with E-state index in [9.17, 15) is 14.0 Å². The molecule has 0 spiro atoms. The highest BCUT2D eigenvalue weighted by Gasteiger charge is 2.26. The first-order valence-corrected chi connectivity index (χ1v) is 8.78. The Morgan fingerprint density at radius 3 is 2.81 bits per heavy atom. The van der Waals surface area contributed by atoms with E-state index in [1.165, 1.54) is 11.0 Å². The Kier molecular flexibility index (Phi) is 5.35. The normalized spacial score (nSPS) is 16.0. The number of nitrogens with one attached hydrogen (secondary N) is 1. The number of aromatic nitrogens is 2. The molecule has 0 saturated carbocycles. The Labute approximate surface area is 152 Å². The van der Waals surface area contributed by atoms with Gasteiger partial charge in [-0.3, -0.25) is 9.59 Å². The maximum absolute atomic E-state index is 14.1. The number of rotatable bonds is 5. The van der Waals surface area contributed by atoms with Crippen molar-refractivity contribution in [1.82, 2.24) is 20.0 Å². The number of benzene rings is 1. The van der Waals surface area contributed by atoms with Crippen LogP contribution in [0.15, 0.2) is 30.5 Å². The molecule has 6 nitrogen and oxygen atoms in total. The van der Waals surface area contributed by atoms with Gasteiger partial charge >= 0.3 is 0 Å². The van der Waals surface area contributed by atoms with E-state index < -0.39 is 0 Å². The zero-order valence-corrected chi connectivity index (χ0v) is 15.0. The summed E-state index contributed by atoms with van der Waals surface area (Å²) in [6, 6.07) is 6.37. The molecular weight excluding hydrogens is 335 g/mol. The van der Waals surface area contributed by atoms with Crippen molar-refractivity contribution >= 4 is 11.8 Å². The highest BCUT2D eigenvalue weighted by atomic mass is 19.1. The molecule has 0 bridgehead atoms. The molecule has 2 aromatic rings. The van der Waals surface area contributed by atoms with Crippen molar-refractivity contribution in [2.24, 2.45) is 0 Å². The van der Waals surface area contributed by atoms with Crippen molar-refractivity contribution in [3.63, 3.8) is 0 Å². The Bertz CT molecular complexity index is 816. The second kappa shape index (κ2) is 7.68. The molecule has 0 saturated heterocycles. The average molecular weight is 358 g/mol. The summed E-state index contributed by atoms with van der Waals surface area (Å²) in [6.45, 7) is 0. The highest BCUT2D eigenvalue weighted by Crippen LogP contribution is 2.31. The lowest BCUT2D eigenvalue weighted by Crippen LogP contribution is -2.32. The maximum Gasteiger partial charge on any atom is 0.222 e. The topological polar surface area (TPSA) is 67.2 Å². The molecule has 1 aromatic heterocycles. The van der Waals surface area contributed by atoms with Crippen molar-refractivity contribution in [3.05, 3.63) is 47.5 Å². The molecule has 1 N–H and O–H groups in total. The number of hydrogen-bond acceptors (Lipinski definition) is 3. The van der Waals surface area contributed by atoms with Gasteiger partial charge in [-0.2, -0.15) is 5.10 Å². The quantitative estimate of drug-likeness (QED) is 0.892. The molecular formula is C19H23FN4O2. The first kappa shape index (κ1) is 18.1. The molecule has 2 amide bonds. The van der Waals surface area contributed by atoms with Crippen molar-refractivity contribution in [2.45, 2.75) is 38.1 Å². The monoisotopic (exact) mass is 358 g/mol. The number of nitrogens with zero attached hydrogens (tertiary/aromatic N) is 3. The van der Waals surface area contributed by atoms with E-state index in [4.69, 9.17) is 0 Å². The fraction of sp³-hybridized carbons (Fsp3) is 0.421. The molecule has 1 heterocycles. The molecule has 138 valence electrons. The second-order valence-corrected chi connectivity index (χ2v) is 6.71. The fourth-order valence-electron chi connectivity index (χ4n) is 3.25. The van der Waals surface area contributed by atoms with Crippen LogP contribution in [0.4, 0.5) is 4.39 Å². The molecule has 0 fully saturated rings. The van der Waals surface area contributed by atoms with Crippen LogP contribution in [0.5, 0.6) is 0 Å². The Balaban J connectivity index is 1.73. The zero-order chi connectivity index (χ0) is 18.7. The van der Waals surface area contributed by atoms with Crippen molar-refractivity contribution in [3.8, 4) is 5.69 Å². The number of hydrogen-bond donors (Lipinski definition) is 1. The molecule has 3 rings (SSSR count). The van der Waals surface area contributed by atoms with Crippen LogP contribution in [0.3, 0.4) is 0 Å².